The minimum atomic E-state index is -3.57. The van der Waals surface area contributed by atoms with Gasteiger partial charge in [0.2, 0.25) is 0 Å². The van der Waals surface area contributed by atoms with E-state index in [1.165, 1.54) is 96.3 Å². The monoisotopic (exact) mass is 518 g/mol. The second-order valence-electron chi connectivity index (χ2n) is 11.9. The molecule has 2 atom stereocenters. The van der Waals surface area contributed by atoms with Crippen molar-refractivity contribution in [3.8, 4) is 0 Å². The Morgan fingerprint density at radius 3 is 1.60 bits per heavy atom. The molecular weight excluding hydrogens is 457 g/mol. The van der Waals surface area contributed by atoms with Crippen molar-refractivity contribution in [1.29, 1.82) is 0 Å². The van der Waals surface area contributed by atoms with E-state index in [2.05, 4.69) is 28.1 Å². The second kappa shape index (κ2) is 21.8. The van der Waals surface area contributed by atoms with E-state index in [0.717, 1.165) is 23.9 Å². The van der Waals surface area contributed by atoms with Crippen LogP contribution in [0.1, 0.15) is 136 Å². The number of ketones is 1. The van der Waals surface area contributed by atoms with Gasteiger partial charge in [0.1, 0.15) is 5.78 Å². The summed E-state index contributed by atoms with van der Waals surface area (Å²) >= 11 is 0. The molecular formula is C29H61NO4P+. The van der Waals surface area contributed by atoms with Gasteiger partial charge in [0.25, 0.3) is 0 Å². The Balaban J connectivity index is 3.77. The maximum absolute atomic E-state index is 12.4. The number of unbranched alkanes of at least 4 members (excludes halogenated alkanes) is 15. The highest BCUT2D eigenvalue weighted by Crippen LogP contribution is 2.43. The molecule has 0 saturated carbocycles. The van der Waals surface area contributed by atoms with Crippen LogP contribution in [0.5, 0.6) is 0 Å². The fraction of sp³-hybridized carbons (Fsp3) is 0.966. The van der Waals surface area contributed by atoms with Gasteiger partial charge >= 0.3 is 7.60 Å². The Hall–Kier alpha value is -0.220. The average Bonchev–Trinajstić information content (AvgIpc) is 2.75. The molecule has 35 heavy (non-hydrogen) atoms. The molecule has 0 heterocycles. The van der Waals surface area contributed by atoms with Crippen LogP contribution in [0.4, 0.5) is 0 Å². The van der Waals surface area contributed by atoms with Crippen molar-refractivity contribution in [1.82, 2.24) is 0 Å². The van der Waals surface area contributed by atoms with Crippen LogP contribution in [0, 0.1) is 5.92 Å². The van der Waals surface area contributed by atoms with Crippen LogP contribution in [0.25, 0.3) is 0 Å². The van der Waals surface area contributed by atoms with Gasteiger partial charge < -0.3 is 18.7 Å². The molecule has 0 radical (unpaired) electrons. The molecule has 0 aliphatic heterocycles. The first-order valence-electron chi connectivity index (χ1n) is 14.8. The summed E-state index contributed by atoms with van der Waals surface area (Å²) in [4.78, 5) is 21.8. The van der Waals surface area contributed by atoms with Gasteiger partial charge in [-0.05, 0) is 19.3 Å². The molecule has 1 N–H and O–H groups in total. The van der Waals surface area contributed by atoms with Gasteiger partial charge in [0, 0.05) is 12.8 Å². The Bertz CT molecular complexity index is 547. The molecule has 0 aromatic carbocycles. The summed E-state index contributed by atoms with van der Waals surface area (Å²) in [7, 11) is 2.65. The summed E-state index contributed by atoms with van der Waals surface area (Å²) in [5, 5.41) is 0. The van der Waals surface area contributed by atoms with E-state index in [0.29, 0.717) is 12.8 Å². The molecule has 0 aromatic rings. The summed E-state index contributed by atoms with van der Waals surface area (Å²) in [5.74, 6) is 0.186. The van der Waals surface area contributed by atoms with E-state index in [4.69, 9.17) is 4.52 Å². The number of hydrogen-bond donors (Lipinski definition) is 1. The zero-order valence-corrected chi connectivity index (χ0v) is 25.1. The molecule has 0 aliphatic carbocycles. The normalized spacial score (nSPS) is 14.7. The zero-order valence-electron chi connectivity index (χ0n) is 24.2. The van der Waals surface area contributed by atoms with E-state index in [-0.39, 0.29) is 24.5 Å². The number of nitrogens with zero attached hydrogens (tertiary/aromatic N) is 1. The third kappa shape index (κ3) is 26.6. The Labute approximate surface area is 218 Å². The topological polar surface area (TPSA) is 63.6 Å². The summed E-state index contributed by atoms with van der Waals surface area (Å²) in [5.41, 5.74) is 0. The quantitative estimate of drug-likeness (QED) is 0.0708. The van der Waals surface area contributed by atoms with E-state index < -0.39 is 7.60 Å². The minimum absolute atomic E-state index is 0.0537. The maximum atomic E-state index is 12.4. The number of quaternary nitrogens is 1. The molecule has 0 aromatic heterocycles. The molecule has 5 nitrogen and oxygen atoms in total. The first-order chi connectivity index (χ1) is 16.6. The van der Waals surface area contributed by atoms with Gasteiger partial charge in [-0.15, -0.1) is 0 Å². The summed E-state index contributed by atoms with van der Waals surface area (Å²) in [6.07, 6.45) is 23.7. The molecule has 6 heteroatoms. The second-order valence-corrected chi connectivity index (χ2v) is 13.9. The van der Waals surface area contributed by atoms with Gasteiger partial charge in [-0.25, -0.2) is 0 Å². The number of rotatable bonds is 26. The van der Waals surface area contributed by atoms with Crippen LogP contribution < -0.4 is 0 Å². The predicted molar refractivity (Wildman–Crippen MR) is 151 cm³/mol. The predicted octanol–water partition coefficient (Wildman–Crippen LogP) is 8.53. The van der Waals surface area contributed by atoms with Crippen molar-refractivity contribution in [2.45, 2.75) is 136 Å². The lowest BCUT2D eigenvalue weighted by molar-refractivity contribution is -0.870. The molecule has 0 fully saturated rings. The third-order valence-corrected chi connectivity index (χ3v) is 8.26. The first kappa shape index (κ1) is 34.8. The highest BCUT2D eigenvalue weighted by atomic mass is 31.2. The van der Waals surface area contributed by atoms with Crippen LogP contribution >= 0.6 is 7.60 Å². The molecule has 0 bridgehead atoms. The highest BCUT2D eigenvalue weighted by molar-refractivity contribution is 7.52. The Kier molecular flexibility index (Phi) is 21.7. The van der Waals surface area contributed by atoms with Crippen molar-refractivity contribution < 1.29 is 23.3 Å². The fourth-order valence-electron chi connectivity index (χ4n) is 4.66. The van der Waals surface area contributed by atoms with Gasteiger partial charge in [0.05, 0.1) is 40.5 Å². The van der Waals surface area contributed by atoms with E-state index in [1.807, 2.05) is 0 Å². The van der Waals surface area contributed by atoms with Crippen molar-refractivity contribution in [3.63, 3.8) is 0 Å². The molecule has 0 spiro atoms. The van der Waals surface area contributed by atoms with Gasteiger partial charge in [0.15, 0.2) is 0 Å². The van der Waals surface area contributed by atoms with Crippen LogP contribution in [0.3, 0.4) is 0 Å². The summed E-state index contributed by atoms with van der Waals surface area (Å²) in [6, 6.07) is 0. The van der Waals surface area contributed by atoms with Gasteiger partial charge in [-0.3, -0.25) is 4.57 Å². The standard InChI is InChI=1S/C29H60NO4P/c1-6-7-8-9-10-11-12-13-14-15-16-17-18-19-20-21-23-29(26-28(2)31)27-34-35(32,33)25-22-24-30(3,4)5/h29H,6-27H2,1-5H3/p+1. The summed E-state index contributed by atoms with van der Waals surface area (Å²) in [6.45, 7) is 4.93. The van der Waals surface area contributed by atoms with Crippen LogP contribution in [0.15, 0.2) is 0 Å². The third-order valence-electron chi connectivity index (χ3n) is 6.82. The van der Waals surface area contributed by atoms with Crippen LogP contribution in [-0.4, -0.2) is 55.6 Å². The highest BCUT2D eigenvalue weighted by Gasteiger charge is 2.23. The summed E-state index contributed by atoms with van der Waals surface area (Å²) < 4.78 is 18.6. The fourth-order valence-corrected chi connectivity index (χ4v) is 5.78. The number of carbonyl (C=O) groups is 1. The smallest absolute Gasteiger partial charge is 0.328 e. The zero-order chi connectivity index (χ0) is 26.4. The molecule has 0 aliphatic rings. The molecule has 0 rings (SSSR count). The Morgan fingerprint density at radius 1 is 0.771 bits per heavy atom. The number of hydrogen-bond acceptors (Lipinski definition) is 3. The Morgan fingerprint density at radius 2 is 1.20 bits per heavy atom. The number of carbonyl (C=O) groups excluding carboxylic acids is 1. The molecule has 0 saturated heterocycles. The average molecular weight is 519 g/mol. The lowest BCUT2D eigenvalue weighted by Crippen LogP contribution is -2.35. The SMILES string of the molecule is CCCCCCCCCCCCCCCCCCC(COP(=O)(O)CCC[N+](C)(C)C)CC(C)=O. The van der Waals surface area contributed by atoms with Crippen molar-refractivity contribution in [2.24, 2.45) is 5.92 Å². The molecule has 2 unspecified atom stereocenters. The van der Waals surface area contributed by atoms with Crippen molar-refractivity contribution in [3.05, 3.63) is 0 Å². The molecule has 0 amide bonds. The van der Waals surface area contributed by atoms with Gasteiger partial charge in [-0.1, -0.05) is 110 Å². The largest absolute Gasteiger partial charge is 0.331 e. The minimum Gasteiger partial charge on any atom is -0.331 e. The van der Waals surface area contributed by atoms with Crippen molar-refractivity contribution in [2.75, 3.05) is 40.5 Å². The first-order valence-corrected chi connectivity index (χ1v) is 16.6. The van der Waals surface area contributed by atoms with E-state index in [1.54, 1.807) is 6.92 Å². The van der Waals surface area contributed by atoms with Gasteiger partial charge in [-0.2, -0.15) is 0 Å². The lowest BCUT2D eigenvalue weighted by atomic mass is 9.96. The maximum Gasteiger partial charge on any atom is 0.328 e. The van der Waals surface area contributed by atoms with Crippen LogP contribution in [-0.2, 0) is 13.9 Å². The number of Topliss-reactive ketones (excluding diaryl/α,β-unsaturated/α-hetero) is 1. The van der Waals surface area contributed by atoms with Crippen LogP contribution in [0.2, 0.25) is 0 Å². The molecule has 210 valence electrons. The van der Waals surface area contributed by atoms with E-state index in [9.17, 15) is 14.3 Å². The van der Waals surface area contributed by atoms with Crippen molar-refractivity contribution >= 4 is 13.4 Å². The lowest BCUT2D eigenvalue weighted by Gasteiger charge is -2.24. The van der Waals surface area contributed by atoms with E-state index >= 15 is 0 Å².